The summed E-state index contributed by atoms with van der Waals surface area (Å²) in [5, 5.41) is 17.6. The maximum atomic E-state index is 10.7. The molecule has 0 radical (unpaired) electrons. The molecular weight excluding hydrogens is 380 g/mol. The van der Waals surface area contributed by atoms with Gasteiger partial charge in [0, 0.05) is 6.42 Å². The summed E-state index contributed by atoms with van der Waals surface area (Å²) in [4.78, 5) is 10.7. The molecule has 1 aliphatic heterocycles. The van der Waals surface area contributed by atoms with Crippen molar-refractivity contribution in [1.29, 1.82) is 0 Å². The van der Waals surface area contributed by atoms with Gasteiger partial charge in [0.2, 0.25) is 0 Å². The van der Waals surface area contributed by atoms with Gasteiger partial charge >= 0.3 is 0 Å². The minimum atomic E-state index is -1.28. The van der Waals surface area contributed by atoms with Crippen LogP contribution in [-0.2, 0) is 4.79 Å². The fourth-order valence-electron chi connectivity index (χ4n) is 3.54. The quantitative estimate of drug-likeness (QED) is 0.608. The van der Waals surface area contributed by atoms with Crippen molar-refractivity contribution in [3.63, 3.8) is 0 Å². The average molecular weight is 401 g/mol. The van der Waals surface area contributed by atoms with E-state index >= 15 is 0 Å². The number of anilines is 1. The normalized spacial score (nSPS) is 15.6. The van der Waals surface area contributed by atoms with Gasteiger partial charge in [-0.3, -0.25) is 5.01 Å². The van der Waals surface area contributed by atoms with Gasteiger partial charge in [0.1, 0.15) is 6.61 Å². The first-order chi connectivity index (χ1) is 14.7. The van der Waals surface area contributed by atoms with Crippen LogP contribution in [-0.4, -0.2) is 25.4 Å². The van der Waals surface area contributed by atoms with E-state index in [1.54, 1.807) is 6.07 Å². The molecule has 6 heteroatoms. The van der Waals surface area contributed by atoms with Gasteiger partial charge in [-0.25, -0.2) is 0 Å². The van der Waals surface area contributed by atoms with E-state index in [0.717, 1.165) is 28.9 Å². The maximum Gasteiger partial charge on any atom is 0.161 e. The van der Waals surface area contributed by atoms with Crippen molar-refractivity contribution in [3.05, 3.63) is 90.0 Å². The number of nitrogens with zero attached hydrogens (tertiary/aromatic N) is 2. The van der Waals surface area contributed by atoms with Gasteiger partial charge in [-0.1, -0.05) is 54.6 Å². The van der Waals surface area contributed by atoms with Crippen molar-refractivity contribution in [2.75, 3.05) is 18.7 Å². The number of carbonyl (C=O) groups excluding carboxylic acids is 1. The van der Waals surface area contributed by atoms with E-state index < -0.39 is 12.6 Å². The number of carboxylic acid groups (broad SMARTS) is 1. The Morgan fingerprint density at radius 2 is 1.73 bits per heavy atom. The highest BCUT2D eigenvalue weighted by Crippen LogP contribution is 2.39. The molecule has 0 saturated carbocycles. The molecule has 3 aromatic carbocycles. The standard InChI is InChI=1S/C24H22N2O4/c1-29-23-14-18(12-13-22(23)30-16-24(27)28)21-15-20(17-8-4-2-5-9-17)25-26(21)19-10-6-3-7-11-19/h2-14,21H,15-16H2,1H3,(H,27,28)/p-1/t21-/m1/s1. The predicted molar refractivity (Wildman–Crippen MR) is 113 cm³/mol. The number of rotatable bonds is 7. The third-order valence-corrected chi connectivity index (χ3v) is 4.96. The summed E-state index contributed by atoms with van der Waals surface area (Å²) in [6.07, 6.45) is 0.724. The van der Waals surface area contributed by atoms with Crippen LogP contribution < -0.4 is 19.6 Å². The van der Waals surface area contributed by atoms with Crippen molar-refractivity contribution >= 4 is 17.4 Å². The van der Waals surface area contributed by atoms with Crippen LogP contribution in [0.15, 0.2) is 84.0 Å². The fourth-order valence-corrected chi connectivity index (χ4v) is 3.54. The Morgan fingerprint density at radius 1 is 1.03 bits per heavy atom. The zero-order valence-corrected chi connectivity index (χ0v) is 16.5. The highest BCUT2D eigenvalue weighted by molar-refractivity contribution is 6.03. The van der Waals surface area contributed by atoms with E-state index in [2.05, 4.69) is 12.1 Å². The Morgan fingerprint density at radius 3 is 2.40 bits per heavy atom. The summed E-state index contributed by atoms with van der Waals surface area (Å²) >= 11 is 0. The van der Waals surface area contributed by atoms with Gasteiger partial charge in [-0.15, -0.1) is 0 Å². The second-order valence-corrected chi connectivity index (χ2v) is 6.88. The van der Waals surface area contributed by atoms with E-state index in [9.17, 15) is 9.90 Å². The van der Waals surface area contributed by atoms with Crippen molar-refractivity contribution in [2.24, 2.45) is 5.10 Å². The number of hydrogen-bond donors (Lipinski definition) is 0. The molecule has 1 atom stereocenters. The summed E-state index contributed by atoms with van der Waals surface area (Å²) in [5.41, 5.74) is 4.07. The summed E-state index contributed by atoms with van der Waals surface area (Å²) in [6, 6.07) is 25.6. The van der Waals surface area contributed by atoms with Crippen LogP contribution in [0.3, 0.4) is 0 Å². The molecule has 0 bridgehead atoms. The maximum absolute atomic E-state index is 10.7. The number of aliphatic carboxylic acids is 1. The number of carbonyl (C=O) groups is 1. The number of carboxylic acids is 1. The molecule has 0 unspecified atom stereocenters. The van der Waals surface area contributed by atoms with Gasteiger partial charge in [-0.05, 0) is 35.4 Å². The Bertz CT molecular complexity index is 1050. The molecule has 30 heavy (non-hydrogen) atoms. The van der Waals surface area contributed by atoms with Crippen LogP contribution in [0.4, 0.5) is 5.69 Å². The molecule has 1 heterocycles. The van der Waals surface area contributed by atoms with Gasteiger partial charge < -0.3 is 19.4 Å². The van der Waals surface area contributed by atoms with Crippen molar-refractivity contribution in [3.8, 4) is 11.5 Å². The molecule has 1 aliphatic rings. The largest absolute Gasteiger partial charge is 0.546 e. The van der Waals surface area contributed by atoms with Crippen LogP contribution >= 0.6 is 0 Å². The number of methoxy groups -OCH3 is 1. The third-order valence-electron chi connectivity index (χ3n) is 4.96. The van der Waals surface area contributed by atoms with Crippen molar-refractivity contribution in [2.45, 2.75) is 12.5 Å². The summed E-state index contributed by atoms with van der Waals surface area (Å²) < 4.78 is 10.7. The molecule has 152 valence electrons. The van der Waals surface area contributed by atoms with Crippen molar-refractivity contribution < 1.29 is 19.4 Å². The first-order valence-corrected chi connectivity index (χ1v) is 9.63. The monoisotopic (exact) mass is 401 g/mol. The van der Waals surface area contributed by atoms with Gasteiger partial charge in [-0.2, -0.15) is 5.10 Å². The van der Waals surface area contributed by atoms with Gasteiger partial charge in [0.25, 0.3) is 0 Å². The lowest BCUT2D eigenvalue weighted by Crippen LogP contribution is -2.29. The average Bonchev–Trinajstić information content (AvgIpc) is 3.24. The lowest BCUT2D eigenvalue weighted by Gasteiger charge is -2.24. The van der Waals surface area contributed by atoms with Crippen LogP contribution in [0.5, 0.6) is 11.5 Å². The second kappa shape index (κ2) is 8.69. The Balaban J connectivity index is 1.69. The van der Waals surface area contributed by atoms with Gasteiger partial charge in [0.15, 0.2) is 11.5 Å². The highest BCUT2D eigenvalue weighted by Gasteiger charge is 2.30. The second-order valence-electron chi connectivity index (χ2n) is 6.88. The van der Waals surface area contributed by atoms with Crippen LogP contribution in [0, 0.1) is 0 Å². The van der Waals surface area contributed by atoms with E-state index in [4.69, 9.17) is 14.6 Å². The summed E-state index contributed by atoms with van der Waals surface area (Å²) in [5.74, 6) is -0.457. The smallest absolute Gasteiger partial charge is 0.161 e. The van der Waals surface area contributed by atoms with E-state index in [0.29, 0.717) is 11.5 Å². The Hall–Kier alpha value is -3.80. The van der Waals surface area contributed by atoms with Crippen LogP contribution in [0.25, 0.3) is 0 Å². The number of para-hydroxylation sites is 1. The first kappa shape index (κ1) is 19.5. The lowest BCUT2D eigenvalue weighted by atomic mass is 9.98. The minimum absolute atomic E-state index is 0.0355. The third kappa shape index (κ3) is 4.12. The molecule has 6 nitrogen and oxygen atoms in total. The fraction of sp³-hybridized carbons (Fsp3) is 0.167. The number of hydrogen-bond acceptors (Lipinski definition) is 6. The summed E-state index contributed by atoms with van der Waals surface area (Å²) in [7, 11) is 1.53. The molecule has 0 spiro atoms. The zero-order valence-electron chi connectivity index (χ0n) is 16.5. The van der Waals surface area contributed by atoms with Crippen LogP contribution in [0.1, 0.15) is 23.6 Å². The van der Waals surface area contributed by atoms with E-state index in [1.165, 1.54) is 7.11 Å². The van der Waals surface area contributed by atoms with Crippen molar-refractivity contribution in [1.82, 2.24) is 0 Å². The highest BCUT2D eigenvalue weighted by atomic mass is 16.5. The lowest BCUT2D eigenvalue weighted by molar-refractivity contribution is -0.307. The summed E-state index contributed by atoms with van der Waals surface area (Å²) in [6.45, 7) is -0.531. The first-order valence-electron chi connectivity index (χ1n) is 9.63. The zero-order chi connectivity index (χ0) is 20.9. The van der Waals surface area contributed by atoms with E-state index in [1.807, 2.05) is 65.7 Å². The molecular formula is C24H21N2O4-. The van der Waals surface area contributed by atoms with Crippen LogP contribution in [0.2, 0.25) is 0 Å². The molecule has 0 aliphatic carbocycles. The number of benzene rings is 3. The molecule has 3 aromatic rings. The number of hydrazone groups is 1. The topological polar surface area (TPSA) is 74.2 Å². The minimum Gasteiger partial charge on any atom is -0.546 e. The molecule has 0 N–H and O–H groups in total. The Labute approximate surface area is 175 Å². The SMILES string of the molecule is COc1cc([C@H]2CC(c3ccccc3)=NN2c2ccccc2)ccc1OCC(=O)[O-]. The molecule has 0 saturated heterocycles. The predicted octanol–water partition coefficient (Wildman–Crippen LogP) is 3.18. The molecule has 0 aromatic heterocycles. The van der Waals surface area contributed by atoms with E-state index in [-0.39, 0.29) is 6.04 Å². The molecule has 4 rings (SSSR count). The Kier molecular flexibility index (Phi) is 5.66. The molecule has 0 fully saturated rings. The van der Waals surface area contributed by atoms with Gasteiger partial charge in [0.05, 0.1) is 30.5 Å². The molecule has 0 amide bonds. The number of ether oxygens (including phenoxy) is 2.